The number of aliphatic hydroxyl groups is 2. The Balaban J connectivity index is 1.85. The lowest BCUT2D eigenvalue weighted by atomic mass is 9.87. The van der Waals surface area contributed by atoms with Gasteiger partial charge in [0.1, 0.15) is 0 Å². The predicted molar refractivity (Wildman–Crippen MR) is 137 cm³/mol. The van der Waals surface area contributed by atoms with Crippen molar-refractivity contribution in [3.05, 3.63) is 70.3 Å². The molecule has 2 atom stereocenters. The zero-order valence-corrected chi connectivity index (χ0v) is 22.3. The van der Waals surface area contributed by atoms with Crippen LogP contribution in [0.15, 0.2) is 42.5 Å². The van der Waals surface area contributed by atoms with Crippen molar-refractivity contribution < 1.29 is 37.7 Å². The highest BCUT2D eigenvalue weighted by Crippen LogP contribution is 2.43. The first-order valence-corrected chi connectivity index (χ1v) is 13.0. The van der Waals surface area contributed by atoms with Crippen LogP contribution in [0, 0.1) is 5.92 Å². The van der Waals surface area contributed by atoms with E-state index < -0.39 is 17.7 Å². The van der Waals surface area contributed by atoms with Crippen molar-refractivity contribution in [2.45, 2.75) is 70.6 Å². The van der Waals surface area contributed by atoms with E-state index in [0.29, 0.717) is 17.0 Å². The van der Waals surface area contributed by atoms with Crippen LogP contribution in [0.2, 0.25) is 0 Å². The second-order valence-electron chi connectivity index (χ2n) is 10.1. The summed E-state index contributed by atoms with van der Waals surface area (Å²) in [4.78, 5) is 15.3. The Morgan fingerprint density at radius 1 is 1.11 bits per heavy atom. The number of ether oxygens (including phenoxy) is 2. The van der Waals surface area contributed by atoms with Crippen molar-refractivity contribution in [2.75, 3.05) is 26.8 Å². The number of rotatable bonds is 12. The highest BCUT2D eigenvalue weighted by molar-refractivity contribution is 5.82. The molecule has 0 saturated carbocycles. The van der Waals surface area contributed by atoms with Gasteiger partial charge in [0.2, 0.25) is 0 Å². The Labute approximate surface area is 222 Å². The smallest absolute Gasteiger partial charge is 0.432 e. The molecular formula is C29H38F3NO5. The van der Waals surface area contributed by atoms with Crippen molar-refractivity contribution in [3.8, 4) is 0 Å². The normalized spacial score (nSPS) is 17.8. The molecule has 3 rings (SSSR count). The minimum atomic E-state index is -5.03. The summed E-state index contributed by atoms with van der Waals surface area (Å²) >= 11 is 0. The Kier molecular flexibility index (Phi) is 10.3. The van der Waals surface area contributed by atoms with E-state index in [1.807, 2.05) is 12.1 Å². The van der Waals surface area contributed by atoms with Gasteiger partial charge in [0, 0.05) is 31.7 Å². The number of fused-ring (bicyclic) bond motifs is 1. The Hall–Kier alpha value is -2.46. The van der Waals surface area contributed by atoms with Crippen LogP contribution >= 0.6 is 0 Å². The molecule has 2 aromatic carbocycles. The van der Waals surface area contributed by atoms with Gasteiger partial charge in [-0.1, -0.05) is 56.3 Å². The average Bonchev–Trinajstić information content (AvgIpc) is 2.89. The third kappa shape index (κ3) is 6.39. The first-order chi connectivity index (χ1) is 18.1. The Morgan fingerprint density at radius 3 is 2.34 bits per heavy atom. The van der Waals surface area contributed by atoms with Crippen LogP contribution in [0.5, 0.6) is 0 Å². The van der Waals surface area contributed by atoms with Crippen LogP contribution in [-0.2, 0) is 39.5 Å². The standard InChI is InChI=1S/C29H38F3NO5/c1-20(2)8-7-13-33-14-11-21-16-22(18-34)23(19-35)17-25(21)26(33)12-15-38-27(36)28(37-3,29(30,31)32)24-9-5-4-6-10-24/h4-6,9-10,16-17,20,26,34-35H,7-8,11-15,18-19H2,1-3H3/t26-,28?/m1/s1. The van der Waals surface area contributed by atoms with Crippen LogP contribution in [-0.4, -0.2) is 54.1 Å². The highest BCUT2D eigenvalue weighted by Gasteiger charge is 2.64. The predicted octanol–water partition coefficient (Wildman–Crippen LogP) is 5.04. The van der Waals surface area contributed by atoms with Gasteiger partial charge in [-0.3, -0.25) is 4.90 Å². The van der Waals surface area contributed by atoms with Crippen molar-refractivity contribution >= 4 is 5.97 Å². The maximum atomic E-state index is 14.2. The SMILES string of the molecule is COC(C(=O)OCC[C@@H]1c2cc(CO)c(CO)cc2CCN1CCCC(C)C)(c1ccccc1)C(F)(F)F. The molecule has 0 aromatic heterocycles. The first-order valence-electron chi connectivity index (χ1n) is 13.0. The average molecular weight is 538 g/mol. The van der Waals surface area contributed by atoms with Crippen LogP contribution < -0.4 is 0 Å². The van der Waals surface area contributed by atoms with Gasteiger partial charge in [0.15, 0.2) is 0 Å². The van der Waals surface area contributed by atoms with Gasteiger partial charge in [0.05, 0.1) is 19.8 Å². The third-order valence-electron chi connectivity index (χ3n) is 7.29. The summed E-state index contributed by atoms with van der Waals surface area (Å²) < 4.78 is 52.8. The number of carbonyl (C=O) groups is 1. The summed E-state index contributed by atoms with van der Waals surface area (Å²) in [6, 6.07) is 10.3. The van der Waals surface area contributed by atoms with Crippen LogP contribution in [0.1, 0.15) is 67.0 Å². The minimum Gasteiger partial charge on any atom is -0.463 e. The molecule has 2 N–H and O–H groups in total. The number of hydrogen-bond donors (Lipinski definition) is 2. The summed E-state index contributed by atoms with van der Waals surface area (Å²) in [5, 5.41) is 19.6. The molecule has 0 aliphatic carbocycles. The monoisotopic (exact) mass is 537 g/mol. The maximum absolute atomic E-state index is 14.2. The lowest BCUT2D eigenvalue weighted by molar-refractivity contribution is -0.276. The number of esters is 1. The van der Waals surface area contributed by atoms with Crippen LogP contribution in [0.3, 0.4) is 0 Å². The Morgan fingerprint density at radius 2 is 1.76 bits per heavy atom. The number of hydrogen-bond acceptors (Lipinski definition) is 6. The second-order valence-corrected chi connectivity index (χ2v) is 10.1. The van der Waals surface area contributed by atoms with Gasteiger partial charge < -0.3 is 19.7 Å². The topological polar surface area (TPSA) is 79.2 Å². The van der Waals surface area contributed by atoms with E-state index in [0.717, 1.165) is 50.6 Å². The van der Waals surface area contributed by atoms with Gasteiger partial charge in [-0.05, 0) is 54.0 Å². The fourth-order valence-corrected chi connectivity index (χ4v) is 5.26. The molecule has 0 amide bonds. The lowest BCUT2D eigenvalue weighted by Gasteiger charge is -2.38. The molecule has 1 aliphatic rings. The largest absolute Gasteiger partial charge is 0.463 e. The molecule has 0 spiro atoms. The fraction of sp³-hybridized carbons (Fsp3) is 0.552. The molecule has 2 aromatic rings. The molecular weight excluding hydrogens is 499 g/mol. The summed E-state index contributed by atoms with van der Waals surface area (Å²) in [5.41, 5.74) is -0.346. The maximum Gasteiger partial charge on any atom is 0.432 e. The van der Waals surface area contributed by atoms with E-state index in [4.69, 9.17) is 9.47 Å². The highest BCUT2D eigenvalue weighted by atomic mass is 19.4. The number of carbonyl (C=O) groups excluding carboxylic acids is 1. The molecule has 1 unspecified atom stereocenters. The molecule has 1 aliphatic heterocycles. The fourth-order valence-electron chi connectivity index (χ4n) is 5.26. The number of aliphatic hydroxyl groups excluding tert-OH is 2. The van der Waals surface area contributed by atoms with Crippen molar-refractivity contribution in [2.24, 2.45) is 5.92 Å². The van der Waals surface area contributed by atoms with E-state index in [-0.39, 0.29) is 37.8 Å². The van der Waals surface area contributed by atoms with Gasteiger partial charge in [0.25, 0.3) is 5.60 Å². The minimum absolute atomic E-state index is 0.195. The Bertz CT molecular complexity index is 1060. The summed E-state index contributed by atoms with van der Waals surface area (Å²) in [5.74, 6) is -0.963. The first kappa shape index (κ1) is 30.1. The molecule has 9 heteroatoms. The summed E-state index contributed by atoms with van der Waals surface area (Å²) in [7, 11) is 0.852. The summed E-state index contributed by atoms with van der Waals surface area (Å²) in [6.07, 6.45) is -2.01. The van der Waals surface area contributed by atoms with Crippen LogP contribution in [0.25, 0.3) is 0 Å². The van der Waals surface area contributed by atoms with E-state index in [9.17, 15) is 28.2 Å². The van der Waals surface area contributed by atoms with Crippen LogP contribution in [0.4, 0.5) is 13.2 Å². The molecule has 0 bridgehead atoms. The number of alkyl halides is 3. The van der Waals surface area contributed by atoms with Crippen molar-refractivity contribution in [1.82, 2.24) is 4.90 Å². The van der Waals surface area contributed by atoms with E-state index in [1.54, 1.807) is 6.07 Å². The quantitative estimate of drug-likeness (QED) is 0.369. The number of nitrogens with zero attached hydrogens (tertiary/aromatic N) is 1. The number of halogens is 3. The van der Waals surface area contributed by atoms with Crippen molar-refractivity contribution in [1.29, 1.82) is 0 Å². The zero-order valence-electron chi connectivity index (χ0n) is 22.3. The molecule has 210 valence electrons. The van der Waals surface area contributed by atoms with Gasteiger partial charge >= 0.3 is 12.1 Å². The van der Waals surface area contributed by atoms with Crippen molar-refractivity contribution in [3.63, 3.8) is 0 Å². The molecule has 6 nitrogen and oxygen atoms in total. The number of benzene rings is 2. The van der Waals surface area contributed by atoms with E-state index in [2.05, 4.69) is 18.7 Å². The summed E-state index contributed by atoms with van der Waals surface area (Å²) in [6.45, 7) is 5.16. The molecule has 0 saturated heterocycles. The lowest BCUT2D eigenvalue weighted by Crippen LogP contribution is -2.51. The molecule has 38 heavy (non-hydrogen) atoms. The third-order valence-corrected chi connectivity index (χ3v) is 7.29. The molecule has 0 radical (unpaired) electrons. The van der Waals surface area contributed by atoms with Gasteiger partial charge in [-0.15, -0.1) is 0 Å². The second kappa shape index (κ2) is 13.1. The number of methoxy groups -OCH3 is 1. The molecule has 1 heterocycles. The zero-order chi connectivity index (χ0) is 27.9. The van der Waals surface area contributed by atoms with E-state index in [1.165, 1.54) is 24.3 Å². The van der Waals surface area contributed by atoms with E-state index >= 15 is 0 Å². The van der Waals surface area contributed by atoms with Gasteiger partial charge in [-0.2, -0.15) is 13.2 Å². The van der Waals surface area contributed by atoms with Gasteiger partial charge in [-0.25, -0.2) is 4.79 Å². The molecule has 0 fully saturated rings.